The van der Waals surface area contributed by atoms with Gasteiger partial charge in [0.25, 0.3) is 0 Å². The molecule has 78 heavy (non-hydrogen) atoms. The van der Waals surface area contributed by atoms with Crippen LogP contribution in [0.25, 0.3) is 0 Å². The van der Waals surface area contributed by atoms with Crippen LogP contribution in [0.15, 0.2) is 11.6 Å². The summed E-state index contributed by atoms with van der Waals surface area (Å²) in [6, 6.07) is 0. The van der Waals surface area contributed by atoms with Crippen molar-refractivity contribution in [3.05, 3.63) is 11.6 Å². The van der Waals surface area contributed by atoms with Crippen molar-refractivity contribution in [1.29, 1.82) is 0 Å². The van der Waals surface area contributed by atoms with Gasteiger partial charge >= 0.3 is 0 Å². The Labute approximate surface area is 457 Å². The fourth-order valence-electron chi connectivity index (χ4n) is 16.5. The zero-order valence-corrected chi connectivity index (χ0v) is 46.5. The molecular weight excluding hydrogens is 1030 g/mol. The Balaban J connectivity index is 1.05. The molecule has 0 bridgehead atoms. The van der Waals surface area contributed by atoms with Crippen LogP contribution in [0.1, 0.15) is 120 Å². The number of aliphatic hydroxyl groups excluding tert-OH is 15. The van der Waals surface area contributed by atoms with Crippen molar-refractivity contribution in [2.45, 2.75) is 260 Å². The van der Waals surface area contributed by atoms with Gasteiger partial charge in [-0.05, 0) is 130 Å². The summed E-state index contributed by atoms with van der Waals surface area (Å²) >= 11 is 0. The fourth-order valence-corrected chi connectivity index (χ4v) is 16.5. The Morgan fingerprint density at radius 3 is 1.49 bits per heavy atom. The highest BCUT2D eigenvalue weighted by Crippen LogP contribution is 2.76. The zero-order chi connectivity index (χ0) is 57.4. The molecule has 23 heteroatoms. The van der Waals surface area contributed by atoms with Crippen molar-refractivity contribution in [3.8, 4) is 0 Å². The Hall–Kier alpha value is -1.18. The first-order valence-corrected chi connectivity index (χ1v) is 28.4. The van der Waals surface area contributed by atoms with E-state index in [0.29, 0.717) is 44.9 Å². The topological polar surface area (TPSA) is 377 Å². The van der Waals surface area contributed by atoms with Crippen LogP contribution in [-0.4, -0.2) is 244 Å². The highest BCUT2D eigenvalue weighted by Gasteiger charge is 2.72. The summed E-state index contributed by atoms with van der Waals surface area (Å²) in [7, 11) is 0. The summed E-state index contributed by atoms with van der Waals surface area (Å²) in [6.45, 7) is 14.4. The van der Waals surface area contributed by atoms with Gasteiger partial charge < -0.3 is 114 Å². The maximum atomic E-state index is 12.9. The second kappa shape index (κ2) is 24.1. The first-order valence-electron chi connectivity index (χ1n) is 28.4. The third kappa shape index (κ3) is 11.0. The van der Waals surface area contributed by atoms with Crippen LogP contribution in [0, 0.1) is 45.3 Å². The molecule has 30 atom stereocenters. The van der Waals surface area contributed by atoms with Gasteiger partial charge in [0.15, 0.2) is 25.2 Å². The maximum absolute atomic E-state index is 12.9. The number of rotatable bonds is 17. The summed E-state index contributed by atoms with van der Waals surface area (Å²) in [5, 5.41) is 163. The maximum Gasteiger partial charge on any atom is 0.187 e. The zero-order valence-electron chi connectivity index (χ0n) is 46.5. The minimum absolute atomic E-state index is 0.0210. The molecule has 0 aromatic heterocycles. The number of unbranched alkanes of at least 4 members (excludes halogenated alkanes) is 1. The van der Waals surface area contributed by atoms with Gasteiger partial charge in [-0.1, -0.05) is 46.3 Å². The number of hydrogen-bond acceptors (Lipinski definition) is 23. The van der Waals surface area contributed by atoms with Crippen molar-refractivity contribution in [1.82, 2.24) is 0 Å². The summed E-state index contributed by atoms with van der Waals surface area (Å²) in [4.78, 5) is 0. The minimum Gasteiger partial charge on any atom is -0.394 e. The lowest BCUT2D eigenvalue weighted by atomic mass is 9.35. The quantitative estimate of drug-likeness (QED) is 0.0433. The molecule has 0 spiro atoms. The van der Waals surface area contributed by atoms with E-state index >= 15 is 0 Å². The van der Waals surface area contributed by atoms with Crippen molar-refractivity contribution in [2.24, 2.45) is 45.3 Å². The van der Waals surface area contributed by atoms with Gasteiger partial charge in [0.2, 0.25) is 0 Å². The van der Waals surface area contributed by atoms with E-state index in [2.05, 4.69) is 40.7 Å². The molecule has 4 saturated carbocycles. The first-order chi connectivity index (χ1) is 36.6. The predicted molar refractivity (Wildman–Crippen MR) is 271 cm³/mol. The summed E-state index contributed by atoms with van der Waals surface area (Å²) in [5.74, 6) is -0.556. The number of allylic oxidation sites excluding steroid dienone is 2. The average Bonchev–Trinajstić information content (AvgIpc) is 3.78. The monoisotopic (exact) mass is 1120 g/mol. The largest absolute Gasteiger partial charge is 0.394 e. The number of aliphatic hydroxyl groups is 15. The van der Waals surface area contributed by atoms with E-state index < -0.39 is 178 Å². The van der Waals surface area contributed by atoms with Gasteiger partial charge in [0.05, 0.1) is 44.2 Å². The molecule has 0 aromatic rings. The molecular formula is C55H94O23. The molecule has 0 radical (unpaired) electrons. The Morgan fingerprint density at radius 1 is 0.526 bits per heavy atom. The molecule has 23 nitrogen and oxygen atoms in total. The highest BCUT2D eigenvalue weighted by molar-refractivity contribution is 5.20. The van der Waals surface area contributed by atoms with Crippen LogP contribution < -0.4 is 0 Å². The van der Waals surface area contributed by atoms with E-state index in [4.69, 9.17) is 37.9 Å². The predicted octanol–water partition coefficient (Wildman–Crippen LogP) is -1.81. The third-order valence-electron chi connectivity index (χ3n) is 21.2. The third-order valence-corrected chi connectivity index (χ3v) is 21.2. The van der Waals surface area contributed by atoms with Gasteiger partial charge in [0, 0.05) is 0 Å². The van der Waals surface area contributed by atoms with E-state index in [1.165, 1.54) is 0 Å². The summed E-state index contributed by atoms with van der Waals surface area (Å²) in [5.41, 5.74) is -1.65. The van der Waals surface area contributed by atoms with Gasteiger partial charge in [-0.3, -0.25) is 0 Å². The summed E-state index contributed by atoms with van der Waals surface area (Å²) in [6.07, 6.45) is -24.9. The SMILES string of the molecule is CC(C)=CCCC[C@](C)(O[C@@H]1O[C@H](CO)[C@@H](O)[C@H](O)[C@H]1O[C@@H]1O[C@H](CO)[C@@H](O)[C@H](O)[C@H]1O)[C@H]1CC[C@]2(C)[C@H]1[C@H](O)C[C@@H]1[C@@]3(C)CC[C@H](O[C@@H]4O[C@H](CO)[C@@H](O)[C@H](O)[C@H]4O[C@@H]4O[C@H](CO)[C@@H](O)[C@H](O)[C@H]4O)C(C)(C)[C@@H]3CC[C@]12C. The normalized spacial score (nSPS) is 52.1. The van der Waals surface area contributed by atoms with Crippen molar-refractivity contribution in [2.75, 3.05) is 26.4 Å². The molecule has 4 saturated heterocycles. The van der Waals surface area contributed by atoms with E-state index in [-0.39, 0.29) is 34.5 Å². The smallest absolute Gasteiger partial charge is 0.187 e. The Morgan fingerprint density at radius 2 is 0.987 bits per heavy atom. The molecule has 0 amide bonds. The van der Waals surface area contributed by atoms with Gasteiger partial charge in [-0.25, -0.2) is 0 Å². The van der Waals surface area contributed by atoms with Crippen LogP contribution in [0.5, 0.6) is 0 Å². The van der Waals surface area contributed by atoms with E-state index in [9.17, 15) is 76.6 Å². The molecule has 0 aromatic carbocycles. The van der Waals surface area contributed by atoms with E-state index in [1.54, 1.807) is 0 Å². The van der Waals surface area contributed by atoms with Crippen molar-refractivity contribution in [3.63, 3.8) is 0 Å². The molecule has 8 fully saturated rings. The highest BCUT2D eigenvalue weighted by atomic mass is 16.8. The van der Waals surface area contributed by atoms with E-state index in [1.807, 2.05) is 20.8 Å². The molecule has 452 valence electrons. The molecule has 0 unspecified atom stereocenters. The average molecular weight is 1120 g/mol. The van der Waals surface area contributed by atoms with Crippen LogP contribution >= 0.6 is 0 Å². The van der Waals surface area contributed by atoms with Gasteiger partial charge in [0.1, 0.15) is 97.7 Å². The van der Waals surface area contributed by atoms with Crippen LogP contribution in [0.4, 0.5) is 0 Å². The molecule has 8 aliphatic rings. The lowest BCUT2D eigenvalue weighted by Gasteiger charge is -2.71. The fraction of sp³-hybridized carbons (Fsp3) is 0.964. The van der Waals surface area contributed by atoms with Gasteiger partial charge in [-0.15, -0.1) is 0 Å². The Bertz CT molecular complexity index is 2010. The van der Waals surface area contributed by atoms with Crippen LogP contribution in [0.3, 0.4) is 0 Å². The number of hydrogen-bond donors (Lipinski definition) is 15. The minimum atomic E-state index is -1.85. The Kier molecular flexibility index (Phi) is 19.4. The lowest BCUT2D eigenvalue weighted by molar-refractivity contribution is -0.382. The number of fused-ring (bicyclic) bond motifs is 5. The summed E-state index contributed by atoms with van der Waals surface area (Å²) < 4.78 is 49.8. The first kappa shape index (κ1) is 62.9. The van der Waals surface area contributed by atoms with Crippen LogP contribution in [-0.2, 0) is 37.9 Å². The molecule has 4 aliphatic heterocycles. The van der Waals surface area contributed by atoms with Gasteiger partial charge in [-0.2, -0.15) is 0 Å². The molecule has 4 aliphatic carbocycles. The standard InChI is InChI=1S/C55H94O23/c1-24(2)11-9-10-15-55(8,78-50-46(42(68)38(64)30(23-59)74-50)77-48-44(70)40(66)36(62)28(21-57)72-48)25-12-17-54(7)34(25)26(60)19-32-52(5)16-14-33(51(3,4)31(52)13-18-53(32,54)6)75-49-45(41(67)37(63)29(22-58)73-49)76-47-43(69)39(65)35(61)27(20-56)71-47/h11,25-50,56-70H,9-10,12-23H2,1-8H3/t25-,26+,27+,28+,29+,30+,31-,32+,33-,34+,35+,36+,37+,38+,39-,40-,41-,42-,43+,44+,45+,46+,47-,48-,49-,50-,52-,53+,54+,55-/m0/s1. The molecule has 8 rings (SSSR count). The second-order valence-electron chi connectivity index (χ2n) is 26.1. The molecule has 4 heterocycles. The van der Waals surface area contributed by atoms with Crippen molar-refractivity contribution >= 4 is 0 Å². The van der Waals surface area contributed by atoms with Crippen LogP contribution in [0.2, 0.25) is 0 Å². The number of ether oxygens (including phenoxy) is 8. The van der Waals surface area contributed by atoms with Crippen molar-refractivity contribution < 1.29 is 114 Å². The molecule has 15 N–H and O–H groups in total. The van der Waals surface area contributed by atoms with E-state index in [0.717, 1.165) is 24.8 Å². The second-order valence-corrected chi connectivity index (χ2v) is 26.1. The lowest BCUT2D eigenvalue weighted by Crippen LogP contribution is -2.68.